The number of furan rings is 1. The molecule has 11 aromatic rings. The third kappa shape index (κ3) is 6.21. The van der Waals surface area contributed by atoms with Crippen molar-refractivity contribution in [1.82, 2.24) is 0 Å². The predicted octanol–water partition coefficient (Wildman–Crippen LogP) is 16.9. The quantitative estimate of drug-likeness (QED) is 0.169. The molecular weight excluding hydrogens is 799 g/mol. The highest BCUT2D eigenvalue weighted by Crippen LogP contribution is 2.51. The highest BCUT2D eigenvalue weighted by atomic mass is 16.3. The lowest BCUT2D eigenvalue weighted by Gasteiger charge is -2.31. The minimum Gasteiger partial charge on any atom is -0.455 e. The van der Waals surface area contributed by atoms with Crippen molar-refractivity contribution in [2.75, 3.05) is 0 Å². The van der Waals surface area contributed by atoms with Crippen molar-refractivity contribution in [2.45, 2.75) is 18.8 Å². The maximum Gasteiger partial charge on any atom is 0.145 e. The molecule has 1 aromatic heterocycles. The average molecular weight is 842 g/mol. The zero-order valence-electron chi connectivity index (χ0n) is 36.3. The second-order valence-electron chi connectivity index (χ2n) is 17.7. The summed E-state index contributed by atoms with van der Waals surface area (Å²) in [5.74, 6) is -0.0104. The normalized spacial score (nSPS) is 15.8. The summed E-state index contributed by atoms with van der Waals surface area (Å²) >= 11 is 0. The van der Waals surface area contributed by atoms with Crippen molar-refractivity contribution >= 4 is 71.2 Å². The maximum absolute atomic E-state index is 7.22. The van der Waals surface area contributed by atoms with Gasteiger partial charge in [-0.1, -0.05) is 207 Å². The van der Waals surface area contributed by atoms with Gasteiger partial charge in [-0.05, 0) is 113 Å². The highest BCUT2D eigenvalue weighted by molar-refractivity contribution is 6.23. The van der Waals surface area contributed by atoms with Crippen LogP contribution in [0.15, 0.2) is 240 Å². The summed E-state index contributed by atoms with van der Waals surface area (Å²) in [5, 5.41) is 9.47. The van der Waals surface area contributed by atoms with E-state index >= 15 is 0 Å². The fourth-order valence-corrected chi connectivity index (χ4v) is 11.0. The third-order valence-electron chi connectivity index (χ3n) is 14.0. The van der Waals surface area contributed by atoms with Crippen molar-refractivity contribution in [1.29, 1.82) is 0 Å². The Morgan fingerprint density at radius 2 is 1.12 bits per heavy atom. The van der Waals surface area contributed by atoms with Crippen LogP contribution in [0, 0.1) is 0 Å². The molecule has 1 unspecified atom stereocenters. The van der Waals surface area contributed by atoms with E-state index in [-0.39, 0.29) is 5.92 Å². The smallest absolute Gasteiger partial charge is 0.145 e. The molecule has 0 bridgehead atoms. The first kappa shape index (κ1) is 38.2. The molecule has 310 valence electrons. The van der Waals surface area contributed by atoms with Gasteiger partial charge < -0.3 is 4.42 Å². The lowest BCUT2D eigenvalue weighted by molar-refractivity contribution is 0.665. The van der Waals surface area contributed by atoms with Gasteiger partial charge in [0.15, 0.2) is 0 Å². The summed E-state index contributed by atoms with van der Waals surface area (Å²) in [7, 11) is 0. The van der Waals surface area contributed by atoms with E-state index in [2.05, 4.69) is 218 Å². The number of allylic oxidation sites excluding steroid dienone is 4. The molecule has 0 fully saturated rings. The van der Waals surface area contributed by atoms with Crippen LogP contribution in [0.4, 0.5) is 0 Å². The van der Waals surface area contributed by atoms with Crippen LogP contribution in [0.3, 0.4) is 0 Å². The van der Waals surface area contributed by atoms with Gasteiger partial charge in [0, 0.05) is 34.2 Å². The van der Waals surface area contributed by atoms with Gasteiger partial charge in [0.2, 0.25) is 0 Å². The fraction of sp³-hybridized carbons (Fsp3) is 0.0469. The molecule has 0 saturated heterocycles. The van der Waals surface area contributed by atoms with E-state index in [1.165, 1.54) is 71.3 Å². The van der Waals surface area contributed by atoms with E-state index in [1.807, 2.05) is 0 Å². The van der Waals surface area contributed by atoms with Crippen molar-refractivity contribution < 1.29 is 4.42 Å². The van der Waals surface area contributed by atoms with E-state index in [0.717, 1.165) is 67.6 Å². The molecule has 0 spiro atoms. The Bertz CT molecular complexity index is 3870. The Morgan fingerprint density at radius 1 is 0.500 bits per heavy atom. The van der Waals surface area contributed by atoms with Crippen molar-refractivity contribution in [3.05, 3.63) is 264 Å². The van der Waals surface area contributed by atoms with E-state index in [1.54, 1.807) is 0 Å². The van der Waals surface area contributed by atoms with Crippen LogP contribution in [0.25, 0.3) is 87.8 Å². The van der Waals surface area contributed by atoms with Gasteiger partial charge in [-0.3, -0.25) is 4.99 Å². The zero-order chi connectivity index (χ0) is 43.7. The van der Waals surface area contributed by atoms with Crippen LogP contribution in [-0.4, -0.2) is 5.71 Å². The van der Waals surface area contributed by atoms with Gasteiger partial charge in [0.1, 0.15) is 11.2 Å². The molecular formula is C64H43NO. The molecule has 2 heteroatoms. The molecule has 0 N–H and O–H groups in total. The summed E-state index contributed by atoms with van der Waals surface area (Å²) in [6.07, 6.45) is 5.99. The van der Waals surface area contributed by atoms with Crippen LogP contribution in [0.5, 0.6) is 0 Å². The van der Waals surface area contributed by atoms with Gasteiger partial charge in [-0.2, -0.15) is 0 Å². The van der Waals surface area contributed by atoms with Crippen LogP contribution in [0.2, 0.25) is 0 Å². The molecule has 13 rings (SSSR count). The second-order valence-corrected chi connectivity index (χ2v) is 17.7. The Morgan fingerprint density at radius 3 is 1.95 bits per heavy atom. The molecule has 0 radical (unpaired) electrons. The Labute approximate surface area is 383 Å². The minimum absolute atomic E-state index is 0.0104. The maximum atomic E-state index is 7.22. The van der Waals surface area contributed by atoms with Gasteiger partial charge >= 0.3 is 0 Å². The fourth-order valence-electron chi connectivity index (χ4n) is 11.0. The molecule has 0 amide bonds. The highest BCUT2D eigenvalue weighted by Gasteiger charge is 2.33. The predicted molar refractivity (Wildman–Crippen MR) is 278 cm³/mol. The Balaban J connectivity index is 1.11. The van der Waals surface area contributed by atoms with Crippen molar-refractivity contribution in [3.8, 4) is 22.3 Å². The monoisotopic (exact) mass is 841 g/mol. The van der Waals surface area contributed by atoms with Crippen LogP contribution in [-0.2, 0) is 6.42 Å². The first-order valence-electron chi connectivity index (χ1n) is 22.9. The molecule has 1 aliphatic heterocycles. The van der Waals surface area contributed by atoms with E-state index in [4.69, 9.17) is 16.0 Å². The second kappa shape index (κ2) is 15.4. The van der Waals surface area contributed by atoms with Crippen LogP contribution in [0.1, 0.15) is 45.7 Å². The summed E-state index contributed by atoms with van der Waals surface area (Å²) in [4.78, 5) is 5.89. The lowest BCUT2D eigenvalue weighted by atomic mass is 9.72. The summed E-state index contributed by atoms with van der Waals surface area (Å²) < 4.78 is 7.22. The zero-order valence-corrected chi connectivity index (χ0v) is 36.3. The van der Waals surface area contributed by atoms with Crippen LogP contribution >= 0.6 is 0 Å². The molecule has 2 heterocycles. The summed E-state index contributed by atoms with van der Waals surface area (Å²) in [6, 6.07) is 74.8. The largest absolute Gasteiger partial charge is 0.455 e. The van der Waals surface area contributed by atoms with Gasteiger partial charge in [-0.25, -0.2) is 0 Å². The average Bonchev–Trinajstić information content (AvgIpc) is 3.76. The minimum atomic E-state index is -0.0104. The standard InChI is InChI=1S/C64H43NO/c1-40-36-59(65-58(52-28-15-21-43-18-7-8-22-49(43)52)35-34-48(40)44-32-30-42(31-33-44)41-16-3-2-4-17-41)63-61(53-25-11-12-26-54(53)62-55-27-13-14-29-60(55)66-64(62)63)57-39-47-37-45-19-5-6-20-46(45)38-56(47)50-23-9-10-24-51(50)57/h2-34,36-38,57H,1,35,39H2/b48-34?,59-36-,65-58?. The number of hydrogen-bond donors (Lipinski definition) is 0. The molecule has 66 heavy (non-hydrogen) atoms. The first-order valence-corrected chi connectivity index (χ1v) is 22.9. The number of benzene rings is 10. The Hall–Kier alpha value is -8.33. The van der Waals surface area contributed by atoms with Crippen molar-refractivity contribution in [2.24, 2.45) is 4.99 Å². The third-order valence-corrected chi connectivity index (χ3v) is 14.0. The number of aliphatic imine (C=N–C) groups is 1. The Kier molecular flexibility index (Phi) is 8.92. The van der Waals surface area contributed by atoms with E-state index in [9.17, 15) is 0 Å². The molecule has 1 aliphatic carbocycles. The SMILES string of the molecule is C=C1/C=C(/c2c(C3Cc4cc5ccccc5cc4-c4ccccc43)c3ccccc3c3c2oc2ccccc23)N=C(c2cccc3ccccc23)CC=C1c1ccc(-c2ccccc2)cc1. The number of para-hydroxylation sites is 1. The van der Waals surface area contributed by atoms with E-state index in [0.29, 0.717) is 6.42 Å². The number of rotatable bonds is 5. The molecule has 0 saturated carbocycles. The lowest BCUT2D eigenvalue weighted by Crippen LogP contribution is -2.15. The molecule has 2 aliphatic rings. The molecule has 10 aromatic carbocycles. The van der Waals surface area contributed by atoms with Gasteiger partial charge in [-0.15, -0.1) is 0 Å². The topological polar surface area (TPSA) is 25.5 Å². The molecule has 2 nitrogen and oxygen atoms in total. The molecule has 1 atom stereocenters. The van der Waals surface area contributed by atoms with Crippen molar-refractivity contribution in [3.63, 3.8) is 0 Å². The summed E-state index contributed by atoms with van der Waals surface area (Å²) in [6.45, 7) is 4.86. The number of hydrogen-bond acceptors (Lipinski definition) is 2. The number of fused-ring (bicyclic) bond motifs is 10. The van der Waals surface area contributed by atoms with Crippen LogP contribution < -0.4 is 0 Å². The number of nitrogens with zero attached hydrogens (tertiary/aromatic N) is 1. The van der Waals surface area contributed by atoms with Gasteiger partial charge in [0.05, 0.1) is 11.4 Å². The van der Waals surface area contributed by atoms with Gasteiger partial charge in [0.25, 0.3) is 0 Å². The van der Waals surface area contributed by atoms with E-state index < -0.39 is 0 Å². The first-order chi connectivity index (χ1) is 32.6. The summed E-state index contributed by atoms with van der Waals surface area (Å²) in [5.41, 5.74) is 17.6.